The van der Waals surface area contributed by atoms with E-state index in [1.807, 2.05) is 19.1 Å². The third kappa shape index (κ3) is 1.77. The maximum atomic E-state index is 12.2. The number of benzene rings is 1. The third-order valence-electron chi connectivity index (χ3n) is 3.84. The van der Waals surface area contributed by atoms with Gasteiger partial charge in [-0.1, -0.05) is 12.1 Å². The van der Waals surface area contributed by atoms with Crippen LogP contribution in [-0.4, -0.2) is 31.2 Å². The molecular formula is C14H19N3O. The van der Waals surface area contributed by atoms with Crippen molar-refractivity contribution in [1.82, 2.24) is 10.6 Å². The van der Waals surface area contributed by atoms with Gasteiger partial charge in [-0.2, -0.15) is 0 Å². The molecule has 0 radical (unpaired) electrons. The molecule has 4 heteroatoms. The largest absolute Gasteiger partial charge is 0.349 e. The Bertz CT molecular complexity index is 486. The minimum absolute atomic E-state index is 0.0684. The molecule has 0 spiro atoms. The smallest absolute Gasteiger partial charge is 0.255 e. The molecule has 1 fully saturated rings. The molecule has 0 saturated carbocycles. The van der Waals surface area contributed by atoms with Crippen LogP contribution in [-0.2, 0) is 0 Å². The number of rotatable bonds is 0. The standard InChI is InChI=1S/C14H19N3O/c1-9-4-3-5-11-13(9)14(18)16-12-6-7-15-10(2)8-17(11)12/h3-5,10,12,15H,6-8H2,1-2H3,(H,16,18)/t10-,12+/m1/s1. The first-order valence-corrected chi connectivity index (χ1v) is 6.57. The fourth-order valence-corrected chi connectivity index (χ4v) is 2.94. The summed E-state index contributed by atoms with van der Waals surface area (Å²) < 4.78 is 0. The fourth-order valence-electron chi connectivity index (χ4n) is 2.94. The van der Waals surface area contributed by atoms with Crippen LogP contribution in [0.15, 0.2) is 18.2 Å². The summed E-state index contributed by atoms with van der Waals surface area (Å²) in [6, 6.07) is 6.54. The molecule has 2 N–H and O–H groups in total. The van der Waals surface area contributed by atoms with E-state index in [0.717, 1.165) is 36.3 Å². The zero-order chi connectivity index (χ0) is 12.7. The number of fused-ring (bicyclic) bond motifs is 3. The van der Waals surface area contributed by atoms with Crippen LogP contribution in [0, 0.1) is 6.92 Å². The van der Waals surface area contributed by atoms with Crippen LogP contribution >= 0.6 is 0 Å². The van der Waals surface area contributed by atoms with Gasteiger partial charge in [-0.25, -0.2) is 0 Å². The van der Waals surface area contributed by atoms with Crippen molar-refractivity contribution < 1.29 is 4.79 Å². The number of hydrogen-bond donors (Lipinski definition) is 2. The van der Waals surface area contributed by atoms with E-state index in [0.29, 0.717) is 6.04 Å². The highest BCUT2D eigenvalue weighted by Crippen LogP contribution is 2.30. The fraction of sp³-hybridized carbons (Fsp3) is 0.500. The van der Waals surface area contributed by atoms with Gasteiger partial charge >= 0.3 is 0 Å². The summed E-state index contributed by atoms with van der Waals surface area (Å²) in [5, 5.41) is 6.59. The summed E-state index contributed by atoms with van der Waals surface area (Å²) in [7, 11) is 0. The summed E-state index contributed by atoms with van der Waals surface area (Å²) in [5.41, 5.74) is 2.97. The lowest BCUT2D eigenvalue weighted by Crippen LogP contribution is -2.54. The van der Waals surface area contributed by atoms with Crippen LogP contribution in [0.4, 0.5) is 5.69 Å². The van der Waals surface area contributed by atoms with Crippen molar-refractivity contribution in [2.75, 3.05) is 18.0 Å². The number of carbonyl (C=O) groups excluding carboxylic acids is 1. The van der Waals surface area contributed by atoms with Gasteiger partial charge in [0, 0.05) is 12.6 Å². The summed E-state index contributed by atoms with van der Waals surface area (Å²) in [5.74, 6) is 0.0684. The number of hydrogen-bond acceptors (Lipinski definition) is 3. The first-order chi connectivity index (χ1) is 8.66. The quantitative estimate of drug-likeness (QED) is 0.723. The van der Waals surface area contributed by atoms with E-state index in [1.54, 1.807) is 0 Å². The Labute approximate surface area is 107 Å². The van der Waals surface area contributed by atoms with Crippen LogP contribution in [0.25, 0.3) is 0 Å². The third-order valence-corrected chi connectivity index (χ3v) is 3.84. The molecule has 1 aromatic carbocycles. The molecule has 18 heavy (non-hydrogen) atoms. The Hall–Kier alpha value is -1.55. The van der Waals surface area contributed by atoms with E-state index in [1.165, 1.54) is 0 Å². The van der Waals surface area contributed by atoms with Crippen LogP contribution in [0.5, 0.6) is 0 Å². The average molecular weight is 245 g/mol. The zero-order valence-electron chi connectivity index (χ0n) is 10.9. The Morgan fingerprint density at radius 1 is 1.39 bits per heavy atom. The monoisotopic (exact) mass is 245 g/mol. The molecule has 96 valence electrons. The van der Waals surface area contributed by atoms with E-state index < -0.39 is 0 Å². The molecule has 2 heterocycles. The summed E-state index contributed by atoms with van der Waals surface area (Å²) in [6.45, 7) is 6.07. The predicted molar refractivity (Wildman–Crippen MR) is 71.9 cm³/mol. The van der Waals surface area contributed by atoms with E-state index in [-0.39, 0.29) is 12.1 Å². The van der Waals surface area contributed by atoms with E-state index in [2.05, 4.69) is 28.5 Å². The Morgan fingerprint density at radius 3 is 3.06 bits per heavy atom. The van der Waals surface area contributed by atoms with Gasteiger partial charge in [-0.05, 0) is 38.4 Å². The normalized spacial score (nSPS) is 27.0. The number of aryl methyl sites for hydroxylation is 1. The van der Waals surface area contributed by atoms with Crippen molar-refractivity contribution in [2.45, 2.75) is 32.5 Å². The second-order valence-electron chi connectivity index (χ2n) is 5.25. The lowest BCUT2D eigenvalue weighted by molar-refractivity contribution is 0.0925. The van der Waals surface area contributed by atoms with Crippen molar-refractivity contribution in [2.24, 2.45) is 0 Å². The highest BCUT2D eigenvalue weighted by Gasteiger charge is 2.33. The lowest BCUT2D eigenvalue weighted by atomic mass is 10.0. The summed E-state index contributed by atoms with van der Waals surface area (Å²) in [6.07, 6.45) is 1.08. The first kappa shape index (κ1) is 11.5. The zero-order valence-corrected chi connectivity index (χ0v) is 10.9. The summed E-state index contributed by atoms with van der Waals surface area (Å²) >= 11 is 0. The number of anilines is 1. The van der Waals surface area contributed by atoms with Gasteiger partial charge in [-0.15, -0.1) is 0 Å². The minimum Gasteiger partial charge on any atom is -0.349 e. The lowest BCUT2D eigenvalue weighted by Gasteiger charge is -2.38. The highest BCUT2D eigenvalue weighted by atomic mass is 16.2. The minimum atomic E-state index is 0.0684. The van der Waals surface area contributed by atoms with Crippen LogP contribution in [0.1, 0.15) is 29.3 Å². The van der Waals surface area contributed by atoms with Gasteiger partial charge in [0.2, 0.25) is 0 Å². The maximum Gasteiger partial charge on any atom is 0.255 e. The molecule has 2 aliphatic rings. The number of nitrogens with zero attached hydrogens (tertiary/aromatic N) is 1. The molecule has 2 aliphatic heterocycles. The van der Waals surface area contributed by atoms with Gasteiger partial charge in [0.05, 0.1) is 11.3 Å². The Balaban J connectivity index is 2.07. The average Bonchev–Trinajstić information content (AvgIpc) is 2.51. The Kier molecular flexibility index (Phi) is 2.74. The second kappa shape index (κ2) is 4.28. The van der Waals surface area contributed by atoms with E-state index in [9.17, 15) is 4.79 Å². The molecule has 2 atom stereocenters. The van der Waals surface area contributed by atoms with Gasteiger partial charge < -0.3 is 15.5 Å². The predicted octanol–water partition coefficient (Wildman–Crippen LogP) is 1.25. The van der Waals surface area contributed by atoms with Crippen LogP contribution in [0.2, 0.25) is 0 Å². The van der Waals surface area contributed by atoms with Gasteiger partial charge in [-0.3, -0.25) is 4.79 Å². The van der Waals surface area contributed by atoms with Gasteiger partial charge in [0.15, 0.2) is 0 Å². The number of carbonyl (C=O) groups is 1. The Morgan fingerprint density at radius 2 is 2.22 bits per heavy atom. The molecule has 0 aromatic heterocycles. The van der Waals surface area contributed by atoms with E-state index in [4.69, 9.17) is 0 Å². The van der Waals surface area contributed by atoms with Crippen molar-refractivity contribution >= 4 is 11.6 Å². The molecule has 4 nitrogen and oxygen atoms in total. The van der Waals surface area contributed by atoms with Crippen LogP contribution in [0.3, 0.4) is 0 Å². The first-order valence-electron chi connectivity index (χ1n) is 6.57. The van der Waals surface area contributed by atoms with Crippen molar-refractivity contribution in [3.63, 3.8) is 0 Å². The molecule has 1 aromatic rings. The molecule has 0 aliphatic carbocycles. The maximum absolute atomic E-state index is 12.2. The number of nitrogens with one attached hydrogen (secondary N) is 2. The van der Waals surface area contributed by atoms with Gasteiger partial charge in [0.25, 0.3) is 5.91 Å². The summed E-state index contributed by atoms with van der Waals surface area (Å²) in [4.78, 5) is 14.5. The van der Waals surface area contributed by atoms with E-state index >= 15 is 0 Å². The molecule has 1 amide bonds. The van der Waals surface area contributed by atoms with Crippen molar-refractivity contribution in [3.8, 4) is 0 Å². The SMILES string of the molecule is Cc1cccc2c1C(=O)N[C@@H]1CCN[C@H](C)CN21. The second-order valence-corrected chi connectivity index (χ2v) is 5.25. The highest BCUT2D eigenvalue weighted by molar-refractivity contribution is 6.03. The topological polar surface area (TPSA) is 44.4 Å². The molecule has 0 unspecified atom stereocenters. The van der Waals surface area contributed by atoms with Crippen molar-refractivity contribution in [1.29, 1.82) is 0 Å². The molecular weight excluding hydrogens is 226 g/mol. The number of amides is 1. The molecule has 1 saturated heterocycles. The van der Waals surface area contributed by atoms with Gasteiger partial charge in [0.1, 0.15) is 6.17 Å². The van der Waals surface area contributed by atoms with Crippen molar-refractivity contribution in [3.05, 3.63) is 29.3 Å². The molecule has 3 rings (SSSR count). The molecule has 0 bridgehead atoms. The van der Waals surface area contributed by atoms with Crippen LogP contribution < -0.4 is 15.5 Å².